The molecule has 2 amide bonds. The molecule has 6 heteroatoms. The SMILES string of the molecule is Cc1ccc(N(C)C(=O)C2(Oc3ccccc3)CCN(C(=O)OC(C)(C)C)CC2)cc1. The maximum Gasteiger partial charge on any atom is 0.410 e. The lowest BCUT2D eigenvalue weighted by atomic mass is 9.89. The number of hydrogen-bond acceptors (Lipinski definition) is 4. The molecule has 1 saturated heterocycles. The minimum absolute atomic E-state index is 0.121. The molecule has 31 heavy (non-hydrogen) atoms. The van der Waals surface area contributed by atoms with E-state index in [1.807, 2.05) is 82.3 Å². The zero-order chi connectivity index (χ0) is 22.6. The quantitative estimate of drug-likeness (QED) is 0.707. The Kier molecular flexibility index (Phi) is 6.58. The summed E-state index contributed by atoms with van der Waals surface area (Å²) in [5, 5.41) is 0. The van der Waals surface area contributed by atoms with E-state index in [2.05, 4.69) is 0 Å². The van der Waals surface area contributed by atoms with Crippen molar-refractivity contribution in [3.05, 3.63) is 60.2 Å². The molecule has 0 radical (unpaired) electrons. The van der Waals surface area contributed by atoms with Gasteiger partial charge in [0.15, 0.2) is 5.60 Å². The third-order valence-electron chi connectivity index (χ3n) is 5.39. The zero-order valence-electron chi connectivity index (χ0n) is 19.1. The molecule has 2 aromatic rings. The Balaban J connectivity index is 1.82. The lowest BCUT2D eigenvalue weighted by Gasteiger charge is -2.42. The maximum atomic E-state index is 13.7. The van der Waals surface area contributed by atoms with E-state index in [9.17, 15) is 9.59 Å². The number of anilines is 1. The fourth-order valence-corrected chi connectivity index (χ4v) is 3.64. The van der Waals surface area contributed by atoms with Crippen LogP contribution in [0.1, 0.15) is 39.2 Å². The number of carbonyl (C=O) groups is 2. The molecule has 0 saturated carbocycles. The Morgan fingerprint density at radius 3 is 2.10 bits per heavy atom. The first-order valence-corrected chi connectivity index (χ1v) is 10.7. The van der Waals surface area contributed by atoms with Gasteiger partial charge in [-0.2, -0.15) is 0 Å². The fraction of sp³-hybridized carbons (Fsp3) is 0.440. The molecule has 0 spiro atoms. The number of rotatable bonds is 4. The number of hydrogen-bond donors (Lipinski definition) is 0. The van der Waals surface area contributed by atoms with E-state index < -0.39 is 11.2 Å². The molecular weight excluding hydrogens is 392 g/mol. The number of likely N-dealkylation sites (N-methyl/N-ethyl adjacent to an activating group) is 1. The number of carbonyl (C=O) groups excluding carboxylic acids is 2. The van der Waals surface area contributed by atoms with Gasteiger partial charge in [-0.15, -0.1) is 0 Å². The molecular formula is C25H32N2O4. The summed E-state index contributed by atoms with van der Waals surface area (Å²) in [6.45, 7) is 8.32. The summed E-state index contributed by atoms with van der Waals surface area (Å²) < 4.78 is 11.8. The Bertz CT molecular complexity index is 895. The Morgan fingerprint density at radius 1 is 0.968 bits per heavy atom. The van der Waals surface area contributed by atoms with Crippen LogP contribution in [0, 0.1) is 6.92 Å². The van der Waals surface area contributed by atoms with Crippen LogP contribution in [-0.2, 0) is 9.53 Å². The summed E-state index contributed by atoms with van der Waals surface area (Å²) in [5.74, 6) is 0.517. The van der Waals surface area contributed by atoms with E-state index in [-0.39, 0.29) is 12.0 Å². The Hall–Kier alpha value is -3.02. The molecule has 166 valence electrons. The molecule has 1 fully saturated rings. The molecule has 1 aliphatic rings. The van der Waals surface area contributed by atoms with Crippen LogP contribution in [0.5, 0.6) is 5.75 Å². The van der Waals surface area contributed by atoms with E-state index in [1.165, 1.54) is 0 Å². The number of piperidine rings is 1. The van der Waals surface area contributed by atoms with Crippen LogP contribution < -0.4 is 9.64 Å². The second kappa shape index (κ2) is 9.00. The first-order chi connectivity index (χ1) is 14.6. The number of likely N-dealkylation sites (tertiary alicyclic amines) is 1. The highest BCUT2D eigenvalue weighted by Gasteiger charge is 2.47. The zero-order valence-corrected chi connectivity index (χ0v) is 19.1. The standard InChI is InChI=1S/C25H32N2O4/c1-19-11-13-20(14-12-19)26(5)22(28)25(30-21-9-7-6-8-10-21)15-17-27(18-16-25)23(29)31-24(2,3)4/h6-14H,15-18H2,1-5H3. The molecule has 0 N–H and O–H groups in total. The third kappa shape index (κ3) is 5.57. The van der Waals surface area contributed by atoms with Crippen LogP contribution in [-0.4, -0.2) is 48.2 Å². The first kappa shape index (κ1) is 22.7. The lowest BCUT2D eigenvalue weighted by Crippen LogP contribution is -2.58. The van der Waals surface area contributed by atoms with Crippen LogP contribution in [0.2, 0.25) is 0 Å². The molecule has 3 rings (SSSR count). The second-order valence-electron chi connectivity index (χ2n) is 9.08. The van der Waals surface area contributed by atoms with Crippen LogP contribution in [0.4, 0.5) is 10.5 Å². The predicted molar refractivity (Wildman–Crippen MR) is 121 cm³/mol. The molecule has 1 aliphatic heterocycles. The number of nitrogens with zero attached hydrogens (tertiary/aromatic N) is 2. The summed E-state index contributed by atoms with van der Waals surface area (Å²) in [6, 6.07) is 17.2. The van der Waals surface area contributed by atoms with Crippen molar-refractivity contribution in [3.63, 3.8) is 0 Å². The van der Waals surface area contributed by atoms with Crippen LogP contribution in [0.3, 0.4) is 0 Å². The summed E-state index contributed by atoms with van der Waals surface area (Å²) in [5.41, 5.74) is 0.319. The molecule has 0 aliphatic carbocycles. The van der Waals surface area contributed by atoms with Gasteiger partial charge in [0.25, 0.3) is 5.91 Å². The van der Waals surface area contributed by atoms with E-state index in [0.717, 1.165) is 11.3 Å². The van der Waals surface area contributed by atoms with Crippen LogP contribution in [0.15, 0.2) is 54.6 Å². The average Bonchev–Trinajstić information content (AvgIpc) is 2.73. The molecule has 0 aromatic heterocycles. The number of para-hydroxylation sites is 1. The van der Waals surface area contributed by atoms with Crippen molar-refractivity contribution in [2.45, 2.75) is 51.7 Å². The first-order valence-electron chi connectivity index (χ1n) is 10.7. The normalized spacial score (nSPS) is 15.8. The van der Waals surface area contributed by atoms with Gasteiger partial charge in [-0.05, 0) is 52.0 Å². The topological polar surface area (TPSA) is 59.1 Å². The lowest BCUT2D eigenvalue weighted by molar-refractivity contribution is -0.138. The maximum absolute atomic E-state index is 13.7. The van der Waals surface area contributed by atoms with Crippen LogP contribution in [0.25, 0.3) is 0 Å². The van der Waals surface area contributed by atoms with Gasteiger partial charge in [-0.1, -0.05) is 35.9 Å². The van der Waals surface area contributed by atoms with Crippen molar-refractivity contribution < 1.29 is 19.1 Å². The van der Waals surface area contributed by atoms with Crippen molar-refractivity contribution in [1.29, 1.82) is 0 Å². The van der Waals surface area contributed by atoms with Gasteiger partial charge < -0.3 is 19.3 Å². The largest absolute Gasteiger partial charge is 0.477 e. The van der Waals surface area contributed by atoms with Crippen molar-refractivity contribution in [3.8, 4) is 5.75 Å². The molecule has 6 nitrogen and oxygen atoms in total. The second-order valence-corrected chi connectivity index (χ2v) is 9.08. The molecule has 0 bridgehead atoms. The highest BCUT2D eigenvalue weighted by atomic mass is 16.6. The van der Waals surface area contributed by atoms with E-state index >= 15 is 0 Å². The Morgan fingerprint density at radius 2 is 1.55 bits per heavy atom. The average molecular weight is 425 g/mol. The highest BCUT2D eigenvalue weighted by Crippen LogP contribution is 2.32. The Labute approximate surface area is 184 Å². The highest BCUT2D eigenvalue weighted by molar-refractivity contribution is 5.99. The number of benzene rings is 2. The van der Waals surface area contributed by atoms with Gasteiger partial charge in [0.1, 0.15) is 11.4 Å². The molecule has 0 atom stereocenters. The summed E-state index contributed by atoms with van der Waals surface area (Å²) in [4.78, 5) is 29.5. The summed E-state index contributed by atoms with van der Waals surface area (Å²) in [7, 11) is 1.77. The number of aryl methyl sites for hydroxylation is 1. The summed E-state index contributed by atoms with van der Waals surface area (Å²) >= 11 is 0. The van der Waals surface area contributed by atoms with Gasteiger partial charge in [0.05, 0.1) is 0 Å². The fourth-order valence-electron chi connectivity index (χ4n) is 3.64. The third-order valence-corrected chi connectivity index (χ3v) is 5.39. The predicted octanol–water partition coefficient (Wildman–Crippen LogP) is 4.81. The van der Waals surface area contributed by atoms with E-state index in [0.29, 0.717) is 31.7 Å². The van der Waals surface area contributed by atoms with Crippen molar-refractivity contribution in [2.75, 3.05) is 25.0 Å². The molecule has 2 aromatic carbocycles. The van der Waals surface area contributed by atoms with Gasteiger partial charge >= 0.3 is 6.09 Å². The van der Waals surface area contributed by atoms with Gasteiger partial charge in [0, 0.05) is 38.7 Å². The van der Waals surface area contributed by atoms with Crippen molar-refractivity contribution in [2.24, 2.45) is 0 Å². The number of amides is 2. The van der Waals surface area contributed by atoms with Crippen molar-refractivity contribution in [1.82, 2.24) is 4.90 Å². The van der Waals surface area contributed by atoms with E-state index in [4.69, 9.17) is 9.47 Å². The monoisotopic (exact) mass is 424 g/mol. The summed E-state index contributed by atoms with van der Waals surface area (Å²) in [6.07, 6.45) is 0.409. The van der Waals surface area contributed by atoms with Gasteiger partial charge in [-0.3, -0.25) is 4.79 Å². The van der Waals surface area contributed by atoms with Gasteiger partial charge in [0.2, 0.25) is 0 Å². The number of ether oxygens (including phenoxy) is 2. The molecule has 1 heterocycles. The minimum atomic E-state index is -1.06. The smallest absolute Gasteiger partial charge is 0.410 e. The molecule has 0 unspecified atom stereocenters. The minimum Gasteiger partial charge on any atom is -0.477 e. The van der Waals surface area contributed by atoms with Gasteiger partial charge in [-0.25, -0.2) is 4.79 Å². The van der Waals surface area contributed by atoms with E-state index in [1.54, 1.807) is 16.8 Å². The van der Waals surface area contributed by atoms with Crippen molar-refractivity contribution >= 4 is 17.7 Å². The van der Waals surface area contributed by atoms with Crippen LogP contribution >= 0.6 is 0 Å².